The molecule has 0 atom stereocenters. The lowest BCUT2D eigenvalue weighted by atomic mass is 9.95. The van der Waals surface area contributed by atoms with Crippen LogP contribution in [0.15, 0.2) is 29.8 Å². The number of aromatic nitrogens is 1. The molecule has 2 N–H and O–H groups in total. The largest absolute Gasteiger partial charge is 0.358 e. The number of H-pyrrole nitrogens is 1. The Morgan fingerprint density at radius 3 is 2.78 bits per heavy atom. The lowest BCUT2D eigenvalue weighted by Gasteiger charge is -2.22. The summed E-state index contributed by atoms with van der Waals surface area (Å²) in [5.41, 5.74) is 3.06. The number of nitriles is 1. The smallest absolute Gasteiger partial charge is 0.262 e. The van der Waals surface area contributed by atoms with Crippen molar-refractivity contribution in [3.8, 4) is 6.07 Å². The average molecular weight is 307 g/mol. The topological polar surface area (TPSA) is 68.7 Å². The normalized spacial score (nSPS) is 16.3. The molecule has 0 aliphatic heterocycles. The molecule has 0 unspecified atom stereocenters. The van der Waals surface area contributed by atoms with Gasteiger partial charge in [-0.2, -0.15) is 5.26 Å². The Labute approximate surface area is 136 Å². The number of amides is 1. The average Bonchev–Trinajstić information content (AvgIpc) is 2.88. The van der Waals surface area contributed by atoms with Crippen LogP contribution in [0.3, 0.4) is 0 Å². The predicted molar refractivity (Wildman–Crippen MR) is 91.6 cm³/mol. The number of fused-ring (bicyclic) bond motifs is 1. The molecule has 1 heterocycles. The lowest BCUT2D eigenvalue weighted by molar-refractivity contribution is -0.117. The zero-order valence-electron chi connectivity index (χ0n) is 13.4. The van der Waals surface area contributed by atoms with Gasteiger partial charge in [0.1, 0.15) is 11.6 Å². The number of benzene rings is 1. The lowest BCUT2D eigenvalue weighted by Crippen LogP contribution is -2.36. The standard InChI is InChI=1S/C19H21N3O/c1-13-17(16-9-5-6-10-18(16)21-13)11-14(12-20)19(23)22-15-7-3-2-4-8-15/h5-6,9-11,15,21H,2-4,7-8H2,1H3,(H,22,23). The van der Waals surface area contributed by atoms with Gasteiger partial charge >= 0.3 is 0 Å². The van der Waals surface area contributed by atoms with Crippen LogP contribution in [0.1, 0.15) is 43.4 Å². The summed E-state index contributed by atoms with van der Waals surface area (Å²) in [6.07, 6.45) is 7.26. The van der Waals surface area contributed by atoms with Crippen molar-refractivity contribution in [3.63, 3.8) is 0 Å². The number of aryl methyl sites for hydroxylation is 1. The first kappa shape index (κ1) is 15.4. The highest BCUT2D eigenvalue weighted by atomic mass is 16.1. The number of hydrogen-bond donors (Lipinski definition) is 2. The summed E-state index contributed by atoms with van der Waals surface area (Å²) in [7, 11) is 0. The summed E-state index contributed by atoms with van der Waals surface area (Å²) in [6, 6.07) is 10.2. The first-order chi connectivity index (χ1) is 11.2. The summed E-state index contributed by atoms with van der Waals surface area (Å²) in [5, 5.41) is 13.4. The van der Waals surface area contributed by atoms with Gasteiger partial charge in [0.2, 0.25) is 0 Å². The van der Waals surface area contributed by atoms with Crippen LogP contribution in [0.5, 0.6) is 0 Å². The zero-order chi connectivity index (χ0) is 16.2. The molecule has 3 rings (SSSR count). The Morgan fingerprint density at radius 1 is 1.30 bits per heavy atom. The van der Waals surface area contributed by atoms with Crippen LogP contribution in [0.25, 0.3) is 17.0 Å². The molecule has 23 heavy (non-hydrogen) atoms. The SMILES string of the molecule is Cc1[nH]c2ccccc2c1C=C(C#N)C(=O)NC1CCCCC1. The summed E-state index contributed by atoms with van der Waals surface area (Å²) in [4.78, 5) is 15.7. The Balaban J connectivity index is 1.87. The quantitative estimate of drug-likeness (QED) is 0.668. The third-order valence-electron chi connectivity index (χ3n) is 4.54. The van der Waals surface area contributed by atoms with Crippen molar-refractivity contribution in [2.45, 2.75) is 45.1 Å². The highest BCUT2D eigenvalue weighted by Gasteiger charge is 2.18. The molecule has 1 aromatic carbocycles. The molecule has 1 saturated carbocycles. The van der Waals surface area contributed by atoms with Crippen LogP contribution in [0.2, 0.25) is 0 Å². The van der Waals surface area contributed by atoms with E-state index in [2.05, 4.69) is 16.4 Å². The molecule has 1 aliphatic carbocycles. The van der Waals surface area contributed by atoms with E-state index in [1.807, 2.05) is 31.2 Å². The highest BCUT2D eigenvalue weighted by Crippen LogP contribution is 2.24. The van der Waals surface area contributed by atoms with Gasteiger partial charge in [-0.25, -0.2) is 0 Å². The van der Waals surface area contributed by atoms with Gasteiger partial charge in [0.25, 0.3) is 5.91 Å². The first-order valence-electron chi connectivity index (χ1n) is 8.19. The fourth-order valence-corrected chi connectivity index (χ4v) is 3.29. The van der Waals surface area contributed by atoms with E-state index in [4.69, 9.17) is 0 Å². The molecule has 1 fully saturated rings. The molecule has 2 aromatic rings. The maximum absolute atomic E-state index is 12.4. The molecular formula is C19H21N3O. The maximum atomic E-state index is 12.4. The zero-order valence-corrected chi connectivity index (χ0v) is 13.4. The molecule has 118 valence electrons. The number of para-hydroxylation sites is 1. The Kier molecular flexibility index (Phi) is 4.47. The van der Waals surface area contributed by atoms with Gasteiger partial charge in [-0.3, -0.25) is 4.79 Å². The third-order valence-corrected chi connectivity index (χ3v) is 4.54. The summed E-state index contributed by atoms with van der Waals surface area (Å²) in [6.45, 7) is 1.96. The van der Waals surface area contributed by atoms with Gasteiger partial charge in [-0.15, -0.1) is 0 Å². The molecule has 1 amide bonds. The molecule has 4 heteroatoms. The van der Waals surface area contributed by atoms with Gasteiger partial charge in [0, 0.05) is 28.2 Å². The molecule has 1 aromatic heterocycles. The second kappa shape index (κ2) is 6.70. The molecule has 0 radical (unpaired) electrons. The molecule has 0 bridgehead atoms. The van der Waals surface area contributed by atoms with Crippen molar-refractivity contribution in [2.24, 2.45) is 0 Å². The maximum Gasteiger partial charge on any atom is 0.262 e. The van der Waals surface area contributed by atoms with Gasteiger partial charge in [0.05, 0.1) is 0 Å². The van der Waals surface area contributed by atoms with Crippen molar-refractivity contribution in [1.82, 2.24) is 10.3 Å². The minimum absolute atomic E-state index is 0.170. The number of nitrogens with zero attached hydrogens (tertiary/aromatic N) is 1. The Hall–Kier alpha value is -2.54. The highest BCUT2D eigenvalue weighted by molar-refractivity contribution is 6.04. The number of nitrogens with one attached hydrogen (secondary N) is 2. The van der Waals surface area contributed by atoms with Crippen LogP contribution in [0.4, 0.5) is 0 Å². The van der Waals surface area contributed by atoms with Crippen LogP contribution in [-0.2, 0) is 4.79 Å². The molecule has 1 aliphatic rings. The van der Waals surface area contributed by atoms with Gasteiger partial charge < -0.3 is 10.3 Å². The first-order valence-corrected chi connectivity index (χ1v) is 8.19. The number of carbonyl (C=O) groups excluding carboxylic acids is 1. The molecule has 4 nitrogen and oxygen atoms in total. The fraction of sp³-hybridized carbons (Fsp3) is 0.368. The Bertz CT molecular complexity index is 789. The van der Waals surface area contributed by atoms with Gasteiger partial charge in [-0.05, 0) is 31.9 Å². The van der Waals surface area contributed by atoms with Gasteiger partial charge in [0.15, 0.2) is 0 Å². The number of rotatable bonds is 3. The predicted octanol–water partition coefficient (Wildman–Crippen LogP) is 3.83. The van der Waals surface area contributed by atoms with Crippen molar-refractivity contribution < 1.29 is 4.79 Å². The second-order valence-corrected chi connectivity index (χ2v) is 6.19. The van der Waals surface area contributed by atoms with Crippen molar-refractivity contribution >= 4 is 22.9 Å². The monoisotopic (exact) mass is 307 g/mol. The van der Waals surface area contributed by atoms with Crippen LogP contribution in [0, 0.1) is 18.3 Å². The van der Waals surface area contributed by atoms with E-state index in [-0.39, 0.29) is 17.5 Å². The minimum atomic E-state index is -0.260. The van der Waals surface area contributed by atoms with E-state index >= 15 is 0 Å². The van der Waals surface area contributed by atoms with Crippen molar-refractivity contribution in [1.29, 1.82) is 5.26 Å². The molecular weight excluding hydrogens is 286 g/mol. The van der Waals surface area contributed by atoms with E-state index in [0.717, 1.165) is 47.8 Å². The third kappa shape index (κ3) is 3.29. The van der Waals surface area contributed by atoms with E-state index in [1.165, 1.54) is 6.42 Å². The molecule has 0 saturated heterocycles. The van der Waals surface area contributed by atoms with Crippen LogP contribution >= 0.6 is 0 Å². The van der Waals surface area contributed by atoms with Crippen molar-refractivity contribution in [2.75, 3.05) is 0 Å². The minimum Gasteiger partial charge on any atom is -0.358 e. The summed E-state index contributed by atoms with van der Waals surface area (Å²) >= 11 is 0. The number of carbonyl (C=O) groups is 1. The summed E-state index contributed by atoms with van der Waals surface area (Å²) < 4.78 is 0. The van der Waals surface area contributed by atoms with E-state index in [9.17, 15) is 10.1 Å². The van der Waals surface area contributed by atoms with Crippen molar-refractivity contribution in [3.05, 3.63) is 41.1 Å². The van der Waals surface area contributed by atoms with Crippen LogP contribution in [-0.4, -0.2) is 16.9 Å². The Morgan fingerprint density at radius 2 is 2.04 bits per heavy atom. The number of aromatic amines is 1. The number of hydrogen-bond acceptors (Lipinski definition) is 2. The second-order valence-electron chi connectivity index (χ2n) is 6.19. The summed E-state index contributed by atoms with van der Waals surface area (Å²) in [5.74, 6) is -0.260. The van der Waals surface area contributed by atoms with E-state index < -0.39 is 0 Å². The fourth-order valence-electron chi connectivity index (χ4n) is 3.29. The van der Waals surface area contributed by atoms with Crippen LogP contribution < -0.4 is 5.32 Å². The molecule has 0 spiro atoms. The van der Waals surface area contributed by atoms with Gasteiger partial charge in [-0.1, -0.05) is 37.5 Å². The van der Waals surface area contributed by atoms with E-state index in [1.54, 1.807) is 6.08 Å². The van der Waals surface area contributed by atoms with E-state index in [0.29, 0.717) is 0 Å².